The van der Waals surface area contributed by atoms with Gasteiger partial charge in [0.25, 0.3) is 0 Å². The minimum atomic E-state index is -0.304. The first-order chi connectivity index (χ1) is 11.6. The molecule has 3 N–H and O–H groups in total. The Morgan fingerprint density at radius 3 is 2.50 bits per heavy atom. The van der Waals surface area contributed by atoms with Crippen LogP contribution in [0.3, 0.4) is 0 Å². The quantitative estimate of drug-likeness (QED) is 0.783. The van der Waals surface area contributed by atoms with Crippen molar-refractivity contribution in [2.24, 2.45) is 11.7 Å². The lowest BCUT2D eigenvalue weighted by Gasteiger charge is -2.20. The van der Waals surface area contributed by atoms with Gasteiger partial charge in [-0.2, -0.15) is 0 Å². The number of ether oxygens (including phenoxy) is 1. The molecule has 0 aliphatic rings. The van der Waals surface area contributed by atoms with E-state index in [1.54, 1.807) is 0 Å². The van der Waals surface area contributed by atoms with Crippen LogP contribution in [0.15, 0.2) is 54.6 Å². The van der Waals surface area contributed by atoms with Gasteiger partial charge in [0.1, 0.15) is 5.75 Å². The summed E-state index contributed by atoms with van der Waals surface area (Å²) in [6.45, 7) is 5.02. The van der Waals surface area contributed by atoms with E-state index in [1.165, 1.54) is 0 Å². The molecule has 0 saturated carbocycles. The molecule has 2 unspecified atom stereocenters. The molecule has 0 aliphatic heterocycles. The third-order valence-electron chi connectivity index (χ3n) is 4.10. The Bertz CT molecular complexity index is 643. The van der Waals surface area contributed by atoms with Gasteiger partial charge in [-0.15, -0.1) is 0 Å². The van der Waals surface area contributed by atoms with E-state index in [9.17, 15) is 4.79 Å². The molecule has 2 aromatic carbocycles. The number of benzene rings is 2. The maximum absolute atomic E-state index is 12.3. The lowest BCUT2D eigenvalue weighted by molar-refractivity contribution is -0.125. The third kappa shape index (κ3) is 4.83. The van der Waals surface area contributed by atoms with Crippen LogP contribution in [0.5, 0.6) is 5.75 Å². The normalized spacial score (nSPS) is 13.1. The number of amides is 1. The summed E-state index contributed by atoms with van der Waals surface area (Å²) >= 11 is 0. The fourth-order valence-electron chi connectivity index (χ4n) is 2.62. The SMILES string of the molecule is CCOc1ccccc1CCNC(=O)C(C)C(N)c1ccccc1. The number of para-hydroxylation sites is 1. The Morgan fingerprint density at radius 1 is 1.12 bits per heavy atom. The molecular weight excluding hydrogens is 300 g/mol. The van der Waals surface area contributed by atoms with Crippen molar-refractivity contribution in [3.05, 3.63) is 65.7 Å². The van der Waals surface area contributed by atoms with E-state index in [0.717, 1.165) is 23.3 Å². The Morgan fingerprint density at radius 2 is 1.79 bits per heavy atom. The highest BCUT2D eigenvalue weighted by Crippen LogP contribution is 2.20. The number of nitrogens with two attached hydrogens (primary N) is 1. The van der Waals surface area contributed by atoms with Crippen LogP contribution in [0.1, 0.15) is 31.0 Å². The maximum Gasteiger partial charge on any atom is 0.224 e. The summed E-state index contributed by atoms with van der Waals surface area (Å²) in [5.41, 5.74) is 8.28. The van der Waals surface area contributed by atoms with E-state index in [-0.39, 0.29) is 17.9 Å². The Hall–Kier alpha value is -2.33. The second kappa shape index (κ2) is 9.08. The number of carbonyl (C=O) groups is 1. The zero-order valence-corrected chi connectivity index (χ0v) is 14.4. The highest BCUT2D eigenvalue weighted by molar-refractivity contribution is 5.79. The molecule has 2 atom stereocenters. The van der Waals surface area contributed by atoms with Crippen molar-refractivity contribution in [1.82, 2.24) is 5.32 Å². The van der Waals surface area contributed by atoms with E-state index in [0.29, 0.717) is 13.2 Å². The van der Waals surface area contributed by atoms with Crippen molar-refractivity contribution >= 4 is 5.91 Å². The van der Waals surface area contributed by atoms with E-state index in [2.05, 4.69) is 5.32 Å². The summed E-state index contributed by atoms with van der Waals surface area (Å²) in [6, 6.07) is 17.3. The molecular formula is C20H26N2O2. The van der Waals surface area contributed by atoms with Gasteiger partial charge in [0.05, 0.1) is 12.5 Å². The fraction of sp³-hybridized carbons (Fsp3) is 0.350. The minimum Gasteiger partial charge on any atom is -0.494 e. The predicted octanol–water partition coefficient (Wildman–Crippen LogP) is 3.08. The van der Waals surface area contributed by atoms with Gasteiger partial charge in [-0.1, -0.05) is 55.5 Å². The van der Waals surface area contributed by atoms with Crippen LogP contribution in [0.2, 0.25) is 0 Å². The maximum atomic E-state index is 12.3. The summed E-state index contributed by atoms with van der Waals surface area (Å²) in [5.74, 6) is 0.568. The standard InChI is InChI=1S/C20H26N2O2/c1-3-24-18-12-8-7-9-16(18)13-14-22-20(23)15(2)19(21)17-10-5-4-6-11-17/h4-12,15,19H,3,13-14,21H2,1-2H3,(H,22,23). The molecule has 0 fully saturated rings. The summed E-state index contributed by atoms with van der Waals surface area (Å²) < 4.78 is 5.61. The average molecular weight is 326 g/mol. The van der Waals surface area contributed by atoms with Crippen LogP contribution in [0.25, 0.3) is 0 Å². The van der Waals surface area contributed by atoms with Gasteiger partial charge in [-0.25, -0.2) is 0 Å². The molecule has 0 radical (unpaired) electrons. The molecule has 0 bridgehead atoms. The Balaban J connectivity index is 1.87. The van der Waals surface area contributed by atoms with Crippen molar-refractivity contribution in [2.75, 3.05) is 13.2 Å². The predicted molar refractivity (Wildman–Crippen MR) is 96.9 cm³/mol. The minimum absolute atomic E-state index is 0.0276. The van der Waals surface area contributed by atoms with Crippen molar-refractivity contribution in [3.63, 3.8) is 0 Å². The number of rotatable bonds is 8. The summed E-state index contributed by atoms with van der Waals surface area (Å²) in [4.78, 5) is 12.3. The molecule has 0 saturated heterocycles. The molecule has 1 amide bonds. The first kappa shape index (κ1) is 18.0. The van der Waals surface area contributed by atoms with Crippen LogP contribution < -0.4 is 15.8 Å². The molecule has 0 heterocycles. The first-order valence-electron chi connectivity index (χ1n) is 8.42. The van der Waals surface area contributed by atoms with E-state index < -0.39 is 0 Å². The first-order valence-corrected chi connectivity index (χ1v) is 8.42. The van der Waals surface area contributed by atoms with Gasteiger partial charge in [0.2, 0.25) is 5.91 Å². The summed E-state index contributed by atoms with van der Waals surface area (Å²) in [6.07, 6.45) is 0.731. The Kier molecular flexibility index (Phi) is 6.82. The molecule has 0 spiro atoms. The number of hydrogen-bond acceptors (Lipinski definition) is 3. The van der Waals surface area contributed by atoms with Gasteiger partial charge in [-0.3, -0.25) is 4.79 Å². The Labute approximate surface area is 144 Å². The van der Waals surface area contributed by atoms with Crippen LogP contribution >= 0.6 is 0 Å². The molecule has 2 rings (SSSR count). The van der Waals surface area contributed by atoms with Gasteiger partial charge >= 0.3 is 0 Å². The largest absolute Gasteiger partial charge is 0.494 e. The summed E-state index contributed by atoms with van der Waals surface area (Å²) in [5, 5.41) is 2.98. The van der Waals surface area contributed by atoms with E-state index in [4.69, 9.17) is 10.5 Å². The van der Waals surface area contributed by atoms with Crippen molar-refractivity contribution in [3.8, 4) is 5.75 Å². The van der Waals surface area contributed by atoms with E-state index >= 15 is 0 Å². The zero-order valence-electron chi connectivity index (χ0n) is 14.4. The smallest absolute Gasteiger partial charge is 0.224 e. The summed E-state index contributed by atoms with van der Waals surface area (Å²) in [7, 11) is 0. The molecule has 0 aliphatic carbocycles. The van der Waals surface area contributed by atoms with Gasteiger partial charge in [-0.05, 0) is 30.5 Å². The average Bonchev–Trinajstić information content (AvgIpc) is 2.62. The molecule has 2 aromatic rings. The topological polar surface area (TPSA) is 64.3 Å². The lowest BCUT2D eigenvalue weighted by atomic mass is 9.94. The van der Waals surface area contributed by atoms with Crippen LogP contribution in [-0.2, 0) is 11.2 Å². The molecule has 4 nitrogen and oxygen atoms in total. The van der Waals surface area contributed by atoms with Gasteiger partial charge < -0.3 is 15.8 Å². The van der Waals surface area contributed by atoms with Crippen LogP contribution in [-0.4, -0.2) is 19.1 Å². The lowest BCUT2D eigenvalue weighted by Crippen LogP contribution is -2.36. The second-order valence-electron chi connectivity index (χ2n) is 5.81. The third-order valence-corrected chi connectivity index (χ3v) is 4.10. The van der Waals surface area contributed by atoms with Gasteiger partial charge in [0.15, 0.2) is 0 Å². The van der Waals surface area contributed by atoms with Crippen LogP contribution in [0, 0.1) is 5.92 Å². The highest BCUT2D eigenvalue weighted by Gasteiger charge is 2.21. The number of carbonyl (C=O) groups excluding carboxylic acids is 1. The van der Waals surface area contributed by atoms with E-state index in [1.807, 2.05) is 68.4 Å². The second-order valence-corrected chi connectivity index (χ2v) is 5.81. The fourth-order valence-corrected chi connectivity index (χ4v) is 2.62. The monoisotopic (exact) mass is 326 g/mol. The van der Waals surface area contributed by atoms with Crippen molar-refractivity contribution in [1.29, 1.82) is 0 Å². The highest BCUT2D eigenvalue weighted by atomic mass is 16.5. The molecule has 0 aromatic heterocycles. The molecule has 4 heteroatoms. The molecule has 128 valence electrons. The van der Waals surface area contributed by atoms with Gasteiger partial charge in [0, 0.05) is 12.6 Å². The zero-order chi connectivity index (χ0) is 17.4. The van der Waals surface area contributed by atoms with Crippen molar-refractivity contribution < 1.29 is 9.53 Å². The number of hydrogen-bond donors (Lipinski definition) is 2. The van der Waals surface area contributed by atoms with Crippen molar-refractivity contribution in [2.45, 2.75) is 26.3 Å². The van der Waals surface area contributed by atoms with Crippen LogP contribution in [0.4, 0.5) is 0 Å². The molecule has 24 heavy (non-hydrogen) atoms. The number of nitrogens with one attached hydrogen (secondary N) is 1.